The molecule has 7 heteroatoms. The zero-order chi connectivity index (χ0) is 17.7. The summed E-state index contributed by atoms with van der Waals surface area (Å²) in [6.45, 7) is 5.96. The van der Waals surface area contributed by atoms with Gasteiger partial charge in [-0.3, -0.25) is 4.79 Å². The Labute approximate surface area is 138 Å². The molecule has 0 aromatic heterocycles. The molecule has 0 atom stereocenters. The van der Waals surface area contributed by atoms with Crippen LogP contribution in [0.3, 0.4) is 0 Å². The molecule has 130 valence electrons. The van der Waals surface area contributed by atoms with Crippen molar-refractivity contribution in [2.45, 2.75) is 46.4 Å². The number of carbonyl (C=O) groups is 1. The smallest absolute Gasteiger partial charge is 0.466 e. The first-order valence-electron chi connectivity index (χ1n) is 7.22. The van der Waals surface area contributed by atoms with Crippen LogP contribution < -0.4 is 4.74 Å². The fraction of sp³-hybridized carbons (Fsp3) is 0.562. The topological polar surface area (TPSA) is 35.5 Å². The Balaban J connectivity index is 2.64. The lowest BCUT2D eigenvalue weighted by molar-refractivity contribution is -0.274. The van der Waals surface area contributed by atoms with Gasteiger partial charge in [0, 0.05) is 0 Å². The summed E-state index contributed by atoms with van der Waals surface area (Å²) in [6, 6.07) is 4.18. The predicted octanol–water partition coefficient (Wildman–Crippen LogP) is 5.15. The molecule has 23 heavy (non-hydrogen) atoms. The summed E-state index contributed by atoms with van der Waals surface area (Å²) >= 11 is 5.81. The summed E-state index contributed by atoms with van der Waals surface area (Å²) in [6.07, 6.45) is -3.24. The summed E-state index contributed by atoms with van der Waals surface area (Å²) in [7, 11) is 0. The van der Waals surface area contributed by atoms with Crippen molar-refractivity contribution < 1.29 is 27.4 Å². The monoisotopic (exact) mass is 352 g/mol. The normalized spacial score (nSPS) is 12.1. The molecule has 0 unspecified atom stereocenters. The van der Waals surface area contributed by atoms with Gasteiger partial charge in [-0.15, -0.1) is 13.2 Å². The summed E-state index contributed by atoms with van der Waals surface area (Å²) < 4.78 is 45.3. The minimum absolute atomic E-state index is 0.0944. The highest BCUT2D eigenvalue weighted by atomic mass is 35.5. The molecule has 0 fully saturated rings. The van der Waals surface area contributed by atoms with E-state index in [9.17, 15) is 18.0 Å². The Morgan fingerprint density at radius 1 is 1.26 bits per heavy atom. The van der Waals surface area contributed by atoms with E-state index in [2.05, 4.69) is 4.74 Å². The number of halogens is 4. The van der Waals surface area contributed by atoms with Gasteiger partial charge in [0.1, 0.15) is 5.75 Å². The van der Waals surface area contributed by atoms with Crippen LogP contribution in [-0.2, 0) is 16.0 Å². The molecule has 1 rings (SSSR count). The highest BCUT2D eigenvalue weighted by Crippen LogP contribution is 2.33. The Morgan fingerprint density at radius 3 is 2.43 bits per heavy atom. The highest BCUT2D eigenvalue weighted by molar-refractivity contribution is 6.32. The molecule has 0 N–H and O–H groups in total. The average Bonchev–Trinajstić information content (AvgIpc) is 2.37. The van der Waals surface area contributed by atoms with Gasteiger partial charge >= 0.3 is 12.3 Å². The maximum absolute atomic E-state index is 12.2. The third-order valence-corrected chi connectivity index (χ3v) is 3.54. The van der Waals surface area contributed by atoms with Gasteiger partial charge in [0.05, 0.1) is 18.1 Å². The number of hydrogen-bond donors (Lipinski definition) is 0. The number of rotatable bonds is 7. The van der Waals surface area contributed by atoms with Gasteiger partial charge in [0.2, 0.25) is 0 Å². The number of aryl methyl sites for hydroxylation is 1. The lowest BCUT2D eigenvalue weighted by atomic mass is 9.83. The fourth-order valence-corrected chi connectivity index (χ4v) is 2.32. The van der Waals surface area contributed by atoms with Gasteiger partial charge in [-0.1, -0.05) is 31.5 Å². The fourth-order valence-electron chi connectivity index (χ4n) is 2.08. The van der Waals surface area contributed by atoms with Crippen molar-refractivity contribution >= 4 is 17.6 Å². The third-order valence-electron chi connectivity index (χ3n) is 3.24. The largest absolute Gasteiger partial charge is 0.573 e. The molecule has 0 amide bonds. The molecule has 1 aromatic rings. The van der Waals surface area contributed by atoms with Gasteiger partial charge in [-0.2, -0.15) is 0 Å². The number of carbonyl (C=O) groups excluding carboxylic acids is 1. The van der Waals surface area contributed by atoms with Crippen molar-refractivity contribution in [1.29, 1.82) is 0 Å². The molecule has 0 aliphatic rings. The van der Waals surface area contributed by atoms with E-state index in [0.29, 0.717) is 19.4 Å². The Hall–Kier alpha value is -1.43. The molecular weight excluding hydrogens is 333 g/mol. The number of ether oxygens (including phenoxy) is 2. The van der Waals surface area contributed by atoms with Crippen molar-refractivity contribution in [1.82, 2.24) is 0 Å². The van der Waals surface area contributed by atoms with Crippen molar-refractivity contribution in [3.05, 3.63) is 28.8 Å². The van der Waals surface area contributed by atoms with E-state index in [1.807, 2.05) is 13.8 Å². The zero-order valence-electron chi connectivity index (χ0n) is 13.3. The maximum atomic E-state index is 12.2. The molecule has 3 nitrogen and oxygen atoms in total. The summed E-state index contributed by atoms with van der Waals surface area (Å²) in [5.74, 6) is -0.682. The van der Waals surface area contributed by atoms with Crippen LogP contribution in [0.25, 0.3) is 0 Å². The molecule has 0 radical (unpaired) electrons. The van der Waals surface area contributed by atoms with Crippen LogP contribution in [0.1, 0.15) is 39.2 Å². The number of hydrogen-bond acceptors (Lipinski definition) is 3. The standard InChI is InChI=1S/C16H20ClF3O3/c1-4-22-14(21)10-15(2,3)8-7-11-5-6-13(12(17)9-11)23-16(18,19)20/h5-6,9H,4,7-8,10H2,1-3H3. The molecule has 1 aromatic carbocycles. The van der Waals surface area contributed by atoms with Crippen molar-refractivity contribution in [3.8, 4) is 5.75 Å². The van der Waals surface area contributed by atoms with E-state index in [0.717, 1.165) is 5.56 Å². The lowest BCUT2D eigenvalue weighted by Crippen LogP contribution is -2.20. The lowest BCUT2D eigenvalue weighted by Gasteiger charge is -2.23. The van der Waals surface area contributed by atoms with E-state index in [1.54, 1.807) is 6.92 Å². The van der Waals surface area contributed by atoms with Crippen LogP contribution in [0, 0.1) is 5.41 Å². The van der Waals surface area contributed by atoms with Crippen LogP contribution in [0.15, 0.2) is 18.2 Å². The van der Waals surface area contributed by atoms with Crippen LogP contribution in [-0.4, -0.2) is 18.9 Å². The van der Waals surface area contributed by atoms with Gasteiger partial charge in [-0.25, -0.2) is 0 Å². The van der Waals surface area contributed by atoms with Gasteiger partial charge in [0.15, 0.2) is 0 Å². The molecular formula is C16H20ClF3O3. The van der Waals surface area contributed by atoms with Crippen molar-refractivity contribution in [2.75, 3.05) is 6.61 Å². The minimum Gasteiger partial charge on any atom is -0.466 e. The first-order valence-corrected chi connectivity index (χ1v) is 7.60. The summed E-state index contributed by atoms with van der Waals surface area (Å²) in [5.41, 5.74) is 0.501. The zero-order valence-corrected chi connectivity index (χ0v) is 14.1. The second-order valence-electron chi connectivity index (χ2n) is 5.96. The molecule has 0 saturated carbocycles. The van der Waals surface area contributed by atoms with Crippen LogP contribution >= 0.6 is 11.6 Å². The van der Waals surface area contributed by atoms with E-state index >= 15 is 0 Å². The molecule has 0 aliphatic heterocycles. The minimum atomic E-state index is -4.77. The number of benzene rings is 1. The first-order chi connectivity index (χ1) is 10.5. The Kier molecular flexibility index (Phi) is 6.74. The molecule has 0 bridgehead atoms. The summed E-state index contributed by atoms with van der Waals surface area (Å²) in [4.78, 5) is 11.5. The molecule has 0 saturated heterocycles. The Bertz CT molecular complexity index is 542. The van der Waals surface area contributed by atoms with E-state index in [1.165, 1.54) is 18.2 Å². The molecule has 0 aliphatic carbocycles. The SMILES string of the molecule is CCOC(=O)CC(C)(C)CCc1ccc(OC(F)(F)F)c(Cl)c1. The first kappa shape index (κ1) is 19.6. The van der Waals surface area contributed by atoms with Crippen LogP contribution in [0.4, 0.5) is 13.2 Å². The average molecular weight is 353 g/mol. The van der Waals surface area contributed by atoms with Crippen LogP contribution in [0.5, 0.6) is 5.75 Å². The molecule has 0 spiro atoms. The van der Waals surface area contributed by atoms with E-state index in [-0.39, 0.29) is 22.8 Å². The number of alkyl halides is 3. The van der Waals surface area contributed by atoms with Crippen molar-refractivity contribution in [3.63, 3.8) is 0 Å². The van der Waals surface area contributed by atoms with E-state index < -0.39 is 12.1 Å². The maximum Gasteiger partial charge on any atom is 0.573 e. The molecule has 0 heterocycles. The van der Waals surface area contributed by atoms with Crippen LogP contribution in [0.2, 0.25) is 5.02 Å². The highest BCUT2D eigenvalue weighted by Gasteiger charge is 2.32. The predicted molar refractivity (Wildman–Crippen MR) is 81.5 cm³/mol. The number of esters is 1. The second kappa shape index (κ2) is 7.90. The van der Waals surface area contributed by atoms with Crippen molar-refractivity contribution in [2.24, 2.45) is 5.41 Å². The quantitative estimate of drug-likeness (QED) is 0.636. The second-order valence-corrected chi connectivity index (χ2v) is 6.37. The van der Waals surface area contributed by atoms with Gasteiger partial charge in [0.25, 0.3) is 0 Å². The summed E-state index contributed by atoms with van der Waals surface area (Å²) in [5, 5.41) is -0.0944. The van der Waals surface area contributed by atoms with Gasteiger partial charge < -0.3 is 9.47 Å². The Morgan fingerprint density at radius 2 is 1.91 bits per heavy atom. The third kappa shape index (κ3) is 7.59. The van der Waals surface area contributed by atoms with E-state index in [4.69, 9.17) is 16.3 Å². The van der Waals surface area contributed by atoms with Gasteiger partial charge in [-0.05, 0) is 42.9 Å².